The van der Waals surface area contributed by atoms with Gasteiger partial charge in [-0.1, -0.05) is 18.2 Å². The number of hydrogen-bond donors (Lipinski definition) is 1. The molecule has 0 saturated heterocycles. The number of fused-ring (bicyclic) bond motifs is 1. The Bertz CT molecular complexity index is 1150. The van der Waals surface area contributed by atoms with Crippen LogP contribution in [0.15, 0.2) is 61.1 Å². The van der Waals surface area contributed by atoms with Gasteiger partial charge in [-0.25, -0.2) is 9.97 Å². The minimum absolute atomic E-state index is 0.536. The largest absolute Gasteiger partial charge is 0.494 e. The molecule has 0 aliphatic carbocycles. The van der Waals surface area contributed by atoms with E-state index in [4.69, 9.17) is 9.47 Å². The van der Waals surface area contributed by atoms with Crippen molar-refractivity contribution in [3.63, 3.8) is 0 Å². The summed E-state index contributed by atoms with van der Waals surface area (Å²) in [7, 11) is 3.47. The lowest BCUT2D eigenvalue weighted by atomic mass is 9.97. The van der Waals surface area contributed by atoms with Crippen LogP contribution in [-0.2, 0) is 7.05 Å². The molecule has 0 radical (unpaired) electrons. The molecule has 2 aromatic carbocycles. The number of aliphatic hydroxyl groups excluding tert-OH is 1. The van der Waals surface area contributed by atoms with Gasteiger partial charge in [0.05, 0.1) is 37.5 Å². The molecule has 1 unspecified atom stereocenters. The molecule has 0 amide bonds. The average Bonchev–Trinajstić information content (AvgIpc) is 3.18. The zero-order chi connectivity index (χ0) is 20.4. The first kappa shape index (κ1) is 19.0. The summed E-state index contributed by atoms with van der Waals surface area (Å²) in [5.74, 6) is 1.34. The minimum atomic E-state index is -0.781. The first-order chi connectivity index (χ1) is 14.1. The van der Waals surface area contributed by atoms with Gasteiger partial charge in [0.1, 0.15) is 11.9 Å². The number of aliphatic hydroxyl groups is 1. The molecule has 1 atom stereocenters. The van der Waals surface area contributed by atoms with Crippen LogP contribution in [0.3, 0.4) is 0 Å². The van der Waals surface area contributed by atoms with Gasteiger partial charge in [0, 0.05) is 18.5 Å². The predicted octanol–water partition coefficient (Wildman–Crippen LogP) is 4.12. The summed E-state index contributed by atoms with van der Waals surface area (Å²) in [4.78, 5) is 8.67. The maximum atomic E-state index is 10.9. The molecule has 29 heavy (non-hydrogen) atoms. The van der Waals surface area contributed by atoms with Crippen LogP contribution in [0.1, 0.15) is 24.3 Å². The smallest absolute Gasteiger partial charge is 0.214 e. The number of nitrogens with zero attached hydrogens (tertiary/aromatic N) is 3. The summed E-state index contributed by atoms with van der Waals surface area (Å²) in [5, 5.41) is 11.8. The normalized spacial score (nSPS) is 12.1. The van der Waals surface area contributed by atoms with E-state index in [1.807, 2.05) is 67.1 Å². The van der Waals surface area contributed by atoms with Gasteiger partial charge < -0.3 is 19.1 Å². The lowest BCUT2D eigenvalue weighted by Gasteiger charge is -2.15. The van der Waals surface area contributed by atoms with E-state index in [0.29, 0.717) is 12.5 Å². The third-order valence-corrected chi connectivity index (χ3v) is 4.92. The van der Waals surface area contributed by atoms with Gasteiger partial charge in [-0.2, -0.15) is 0 Å². The van der Waals surface area contributed by atoms with Crippen LogP contribution in [0, 0.1) is 0 Å². The predicted molar refractivity (Wildman–Crippen MR) is 112 cm³/mol. The van der Waals surface area contributed by atoms with Gasteiger partial charge in [-0.05, 0) is 47.9 Å². The average molecular weight is 389 g/mol. The first-order valence-electron chi connectivity index (χ1n) is 9.47. The van der Waals surface area contributed by atoms with Gasteiger partial charge >= 0.3 is 0 Å². The number of benzene rings is 2. The summed E-state index contributed by atoms with van der Waals surface area (Å²) in [6.07, 6.45) is 2.57. The molecule has 2 heterocycles. The zero-order valence-corrected chi connectivity index (χ0v) is 16.7. The highest BCUT2D eigenvalue weighted by Crippen LogP contribution is 2.35. The summed E-state index contributed by atoms with van der Waals surface area (Å²) in [5.41, 5.74) is 4.25. The molecule has 148 valence electrons. The molecule has 4 rings (SSSR count). The van der Waals surface area contributed by atoms with Crippen LogP contribution in [0.2, 0.25) is 0 Å². The highest BCUT2D eigenvalue weighted by molar-refractivity contribution is 5.95. The summed E-state index contributed by atoms with van der Waals surface area (Å²) in [6, 6.07) is 15.6. The fraction of sp³-hybridized carbons (Fsp3) is 0.217. The van der Waals surface area contributed by atoms with Crippen LogP contribution in [0.25, 0.3) is 22.0 Å². The Hall–Kier alpha value is -3.38. The van der Waals surface area contributed by atoms with E-state index in [-0.39, 0.29) is 0 Å². The Morgan fingerprint density at radius 1 is 1.14 bits per heavy atom. The van der Waals surface area contributed by atoms with Crippen molar-refractivity contribution in [2.24, 2.45) is 7.05 Å². The highest BCUT2D eigenvalue weighted by atomic mass is 16.5. The number of rotatable bonds is 6. The summed E-state index contributed by atoms with van der Waals surface area (Å²) < 4.78 is 12.9. The number of pyridine rings is 1. The summed E-state index contributed by atoms with van der Waals surface area (Å²) in [6.45, 7) is 2.56. The Balaban J connectivity index is 1.88. The maximum Gasteiger partial charge on any atom is 0.214 e. The SMILES string of the molecule is CCOc1cccc(-c2cc(OC)nc3ccc(C(O)c4cncn4C)cc23)c1. The third-order valence-electron chi connectivity index (χ3n) is 4.92. The Kier molecular flexibility index (Phi) is 5.18. The number of methoxy groups -OCH3 is 1. The van der Waals surface area contributed by atoms with Gasteiger partial charge in [-0.15, -0.1) is 0 Å². The Morgan fingerprint density at radius 3 is 2.72 bits per heavy atom. The minimum Gasteiger partial charge on any atom is -0.494 e. The molecule has 2 aromatic heterocycles. The van der Waals surface area contributed by atoms with Crippen LogP contribution < -0.4 is 9.47 Å². The van der Waals surface area contributed by atoms with Crippen LogP contribution >= 0.6 is 0 Å². The van der Waals surface area contributed by atoms with E-state index in [1.54, 1.807) is 19.6 Å². The number of hydrogen-bond acceptors (Lipinski definition) is 5. The van der Waals surface area contributed by atoms with Gasteiger partial charge in [-0.3, -0.25) is 0 Å². The van der Waals surface area contributed by atoms with Crippen molar-refractivity contribution >= 4 is 10.9 Å². The molecule has 4 aromatic rings. The highest BCUT2D eigenvalue weighted by Gasteiger charge is 2.17. The molecule has 0 aliphatic rings. The number of aromatic nitrogens is 3. The molecular weight excluding hydrogens is 366 g/mol. The topological polar surface area (TPSA) is 69.4 Å². The van der Waals surface area contributed by atoms with Crippen molar-refractivity contribution in [1.82, 2.24) is 14.5 Å². The van der Waals surface area contributed by atoms with Gasteiger partial charge in [0.2, 0.25) is 5.88 Å². The molecule has 0 saturated carbocycles. The first-order valence-corrected chi connectivity index (χ1v) is 9.47. The van der Waals surface area contributed by atoms with E-state index in [1.165, 1.54) is 0 Å². The van der Waals surface area contributed by atoms with E-state index < -0.39 is 6.10 Å². The van der Waals surface area contributed by atoms with Crippen LogP contribution in [-0.4, -0.2) is 33.4 Å². The van der Waals surface area contributed by atoms with Gasteiger partial charge in [0.15, 0.2) is 0 Å². The molecule has 1 N–H and O–H groups in total. The quantitative estimate of drug-likeness (QED) is 0.537. The Labute approximate surface area is 169 Å². The Morgan fingerprint density at radius 2 is 2.00 bits per heavy atom. The number of imidazole rings is 1. The molecule has 0 bridgehead atoms. The van der Waals surface area contributed by atoms with Gasteiger partial charge in [0.25, 0.3) is 0 Å². The van der Waals surface area contributed by atoms with Crippen molar-refractivity contribution in [2.75, 3.05) is 13.7 Å². The van der Waals surface area contributed by atoms with Crippen LogP contribution in [0.4, 0.5) is 0 Å². The number of ether oxygens (including phenoxy) is 2. The second-order valence-corrected chi connectivity index (χ2v) is 6.78. The maximum absolute atomic E-state index is 10.9. The second kappa shape index (κ2) is 7.93. The zero-order valence-electron chi connectivity index (χ0n) is 16.7. The van der Waals surface area contributed by atoms with Crippen molar-refractivity contribution in [1.29, 1.82) is 0 Å². The van der Waals surface area contributed by atoms with E-state index >= 15 is 0 Å². The molecule has 6 nitrogen and oxygen atoms in total. The van der Waals surface area contributed by atoms with Crippen LogP contribution in [0.5, 0.6) is 11.6 Å². The van der Waals surface area contributed by atoms with Crippen molar-refractivity contribution in [3.05, 3.63) is 72.3 Å². The molecular formula is C23H23N3O3. The van der Waals surface area contributed by atoms with Crippen molar-refractivity contribution in [3.8, 4) is 22.8 Å². The molecule has 0 fully saturated rings. The van der Waals surface area contributed by atoms with E-state index in [0.717, 1.165) is 39.0 Å². The second-order valence-electron chi connectivity index (χ2n) is 6.78. The monoisotopic (exact) mass is 389 g/mol. The summed E-state index contributed by atoms with van der Waals surface area (Å²) >= 11 is 0. The fourth-order valence-corrected chi connectivity index (χ4v) is 3.45. The fourth-order valence-electron chi connectivity index (χ4n) is 3.45. The van der Waals surface area contributed by atoms with Crippen molar-refractivity contribution in [2.45, 2.75) is 13.0 Å². The molecule has 0 spiro atoms. The lowest BCUT2D eigenvalue weighted by Crippen LogP contribution is -2.05. The van der Waals surface area contributed by atoms with Crippen molar-refractivity contribution < 1.29 is 14.6 Å². The standard InChI is InChI=1S/C23H23N3O3/c1-4-29-17-7-5-6-15(10-17)18-12-22(28-3)25-20-9-8-16(11-19(18)20)23(27)21-13-24-14-26(21)2/h5-14,23,27H,4H2,1-3H3. The number of aryl methyl sites for hydroxylation is 1. The third kappa shape index (κ3) is 3.67. The lowest BCUT2D eigenvalue weighted by molar-refractivity contribution is 0.211. The molecule has 6 heteroatoms. The van der Waals surface area contributed by atoms with E-state index in [2.05, 4.69) is 9.97 Å². The van der Waals surface area contributed by atoms with E-state index in [9.17, 15) is 5.11 Å². The molecule has 0 aliphatic heterocycles.